The van der Waals surface area contributed by atoms with Gasteiger partial charge in [-0.05, 0) is 35.9 Å². The van der Waals surface area contributed by atoms with Crippen molar-refractivity contribution in [2.45, 2.75) is 11.0 Å². The van der Waals surface area contributed by atoms with Gasteiger partial charge in [-0.25, -0.2) is 17.5 Å². The van der Waals surface area contributed by atoms with E-state index in [4.69, 9.17) is 11.6 Å². The number of sulfonamides is 1. The minimum Gasteiger partial charge on any atom is -0.387 e. The van der Waals surface area contributed by atoms with Gasteiger partial charge in [0.15, 0.2) is 0 Å². The van der Waals surface area contributed by atoms with Gasteiger partial charge in [0, 0.05) is 11.6 Å². The minimum atomic E-state index is -3.87. The Hall–Kier alpha value is -1.47. The molecule has 21 heavy (non-hydrogen) atoms. The minimum absolute atomic E-state index is 0.189. The number of benzene rings is 2. The fraction of sp³-hybridized carbons (Fsp3) is 0.143. The van der Waals surface area contributed by atoms with E-state index in [0.29, 0.717) is 10.6 Å². The van der Waals surface area contributed by atoms with Crippen LogP contribution >= 0.6 is 11.6 Å². The van der Waals surface area contributed by atoms with Crippen LogP contribution in [0.1, 0.15) is 11.7 Å². The summed E-state index contributed by atoms with van der Waals surface area (Å²) in [5.41, 5.74) is 0.529. The molecule has 0 amide bonds. The van der Waals surface area contributed by atoms with Crippen molar-refractivity contribution in [3.05, 3.63) is 64.9 Å². The fourth-order valence-electron chi connectivity index (χ4n) is 1.71. The molecule has 0 saturated heterocycles. The van der Waals surface area contributed by atoms with Crippen LogP contribution in [0, 0.1) is 5.82 Å². The molecule has 0 heterocycles. The molecule has 7 heteroatoms. The normalized spacial score (nSPS) is 13.1. The molecular weight excluding hydrogens is 317 g/mol. The summed E-state index contributed by atoms with van der Waals surface area (Å²) in [6.07, 6.45) is -1.02. The molecule has 0 spiro atoms. The molecule has 1 unspecified atom stereocenters. The highest BCUT2D eigenvalue weighted by atomic mass is 35.5. The molecule has 4 nitrogen and oxygen atoms in total. The third kappa shape index (κ3) is 4.25. The van der Waals surface area contributed by atoms with Gasteiger partial charge in [0.25, 0.3) is 0 Å². The standard InChI is InChI=1S/C14H13ClFNO3S/c15-11-6-4-10(5-7-11)14(18)9-17-21(19,20)13-3-1-2-12(16)8-13/h1-8,14,17-18H,9H2. The number of hydrogen-bond donors (Lipinski definition) is 2. The summed E-state index contributed by atoms with van der Waals surface area (Å²) in [6.45, 7) is -0.222. The smallest absolute Gasteiger partial charge is 0.240 e. The second-order valence-electron chi connectivity index (χ2n) is 4.38. The van der Waals surface area contributed by atoms with Crippen molar-refractivity contribution >= 4 is 21.6 Å². The summed E-state index contributed by atoms with van der Waals surface area (Å²) in [5, 5.41) is 10.5. The number of aliphatic hydroxyl groups is 1. The molecule has 0 aliphatic heterocycles. The van der Waals surface area contributed by atoms with E-state index >= 15 is 0 Å². The highest BCUT2D eigenvalue weighted by molar-refractivity contribution is 7.89. The third-order valence-corrected chi connectivity index (χ3v) is 4.50. The number of nitrogens with one attached hydrogen (secondary N) is 1. The molecule has 0 radical (unpaired) electrons. The predicted molar refractivity (Wildman–Crippen MR) is 78.0 cm³/mol. The van der Waals surface area contributed by atoms with Crippen molar-refractivity contribution in [2.75, 3.05) is 6.54 Å². The zero-order valence-corrected chi connectivity index (χ0v) is 12.4. The lowest BCUT2D eigenvalue weighted by Crippen LogP contribution is -2.28. The lowest BCUT2D eigenvalue weighted by atomic mass is 10.1. The van der Waals surface area contributed by atoms with Crippen molar-refractivity contribution in [1.29, 1.82) is 0 Å². The van der Waals surface area contributed by atoms with Gasteiger partial charge in [0.1, 0.15) is 5.82 Å². The maximum atomic E-state index is 13.0. The van der Waals surface area contributed by atoms with E-state index in [9.17, 15) is 17.9 Å². The first-order valence-corrected chi connectivity index (χ1v) is 7.93. The molecule has 1 atom stereocenters. The summed E-state index contributed by atoms with van der Waals surface area (Å²) in [5.74, 6) is -0.642. The Bertz CT molecular complexity index is 719. The molecule has 2 aromatic rings. The summed E-state index contributed by atoms with van der Waals surface area (Å²) in [4.78, 5) is -0.189. The Morgan fingerprint density at radius 3 is 2.48 bits per heavy atom. The summed E-state index contributed by atoms with van der Waals surface area (Å²) < 4.78 is 39.2. The van der Waals surface area contributed by atoms with Crippen molar-refractivity contribution < 1.29 is 17.9 Å². The van der Waals surface area contributed by atoms with Gasteiger partial charge in [-0.2, -0.15) is 0 Å². The van der Waals surface area contributed by atoms with Crippen molar-refractivity contribution in [3.8, 4) is 0 Å². The SMILES string of the molecule is O=S(=O)(NCC(O)c1ccc(Cl)cc1)c1cccc(F)c1. The Kier molecular flexibility index (Phi) is 4.95. The highest BCUT2D eigenvalue weighted by Crippen LogP contribution is 2.17. The zero-order valence-electron chi connectivity index (χ0n) is 10.8. The summed E-state index contributed by atoms with van der Waals surface area (Å²) in [6, 6.07) is 11.0. The van der Waals surface area contributed by atoms with E-state index in [1.807, 2.05) is 0 Å². The second kappa shape index (κ2) is 6.53. The molecular formula is C14H13ClFNO3S. The first-order valence-electron chi connectivity index (χ1n) is 6.07. The lowest BCUT2D eigenvalue weighted by Gasteiger charge is -2.13. The first kappa shape index (κ1) is 15.9. The molecule has 112 valence electrons. The average molecular weight is 330 g/mol. The van der Waals surface area contributed by atoms with Crippen LogP contribution in [0.25, 0.3) is 0 Å². The molecule has 2 aromatic carbocycles. The number of rotatable bonds is 5. The van der Waals surface area contributed by atoms with E-state index in [2.05, 4.69) is 4.72 Å². The number of aliphatic hydroxyl groups excluding tert-OH is 1. The van der Waals surface area contributed by atoms with Gasteiger partial charge < -0.3 is 5.11 Å². The van der Waals surface area contributed by atoms with Crippen LogP contribution in [0.5, 0.6) is 0 Å². The van der Waals surface area contributed by atoms with Gasteiger partial charge in [0.2, 0.25) is 10.0 Å². The second-order valence-corrected chi connectivity index (χ2v) is 6.58. The van der Waals surface area contributed by atoms with Crippen LogP contribution < -0.4 is 4.72 Å². The van der Waals surface area contributed by atoms with Crippen molar-refractivity contribution in [2.24, 2.45) is 0 Å². The van der Waals surface area contributed by atoms with Gasteiger partial charge in [0.05, 0.1) is 11.0 Å². The van der Waals surface area contributed by atoms with E-state index in [0.717, 1.165) is 12.1 Å². The van der Waals surface area contributed by atoms with Crippen LogP contribution in [-0.4, -0.2) is 20.1 Å². The maximum Gasteiger partial charge on any atom is 0.240 e. The van der Waals surface area contributed by atoms with Gasteiger partial charge in [-0.3, -0.25) is 0 Å². The van der Waals surface area contributed by atoms with Crippen LogP contribution in [0.2, 0.25) is 5.02 Å². The molecule has 0 aliphatic rings. The molecule has 2 rings (SSSR count). The Morgan fingerprint density at radius 1 is 1.19 bits per heavy atom. The van der Waals surface area contributed by atoms with Crippen LogP contribution in [-0.2, 0) is 10.0 Å². The van der Waals surface area contributed by atoms with Gasteiger partial charge in [-0.1, -0.05) is 29.8 Å². The molecule has 0 fully saturated rings. The fourth-order valence-corrected chi connectivity index (χ4v) is 2.90. The predicted octanol–water partition coefficient (Wildman–Crippen LogP) is 2.49. The van der Waals surface area contributed by atoms with E-state index < -0.39 is 21.9 Å². The molecule has 0 aromatic heterocycles. The van der Waals surface area contributed by atoms with Crippen LogP contribution in [0.3, 0.4) is 0 Å². The average Bonchev–Trinajstić information content (AvgIpc) is 2.45. The Labute approximate surface area is 127 Å². The third-order valence-electron chi connectivity index (χ3n) is 2.83. The quantitative estimate of drug-likeness (QED) is 0.885. The van der Waals surface area contributed by atoms with Crippen molar-refractivity contribution in [1.82, 2.24) is 4.72 Å². The lowest BCUT2D eigenvalue weighted by molar-refractivity contribution is 0.182. The Morgan fingerprint density at radius 2 is 1.86 bits per heavy atom. The van der Waals surface area contributed by atoms with E-state index in [-0.39, 0.29) is 11.4 Å². The Balaban J connectivity index is 2.06. The number of hydrogen-bond acceptors (Lipinski definition) is 3. The van der Waals surface area contributed by atoms with Crippen LogP contribution in [0.15, 0.2) is 53.4 Å². The molecule has 0 aliphatic carbocycles. The van der Waals surface area contributed by atoms with Gasteiger partial charge in [-0.15, -0.1) is 0 Å². The largest absolute Gasteiger partial charge is 0.387 e. The van der Waals surface area contributed by atoms with Crippen molar-refractivity contribution in [3.63, 3.8) is 0 Å². The molecule has 0 saturated carbocycles. The monoisotopic (exact) mass is 329 g/mol. The first-order chi connectivity index (χ1) is 9.88. The summed E-state index contributed by atoms with van der Waals surface area (Å²) >= 11 is 5.73. The van der Waals surface area contributed by atoms with E-state index in [1.54, 1.807) is 24.3 Å². The van der Waals surface area contributed by atoms with Gasteiger partial charge >= 0.3 is 0 Å². The highest BCUT2D eigenvalue weighted by Gasteiger charge is 2.17. The molecule has 2 N–H and O–H groups in total. The summed E-state index contributed by atoms with van der Waals surface area (Å²) in [7, 11) is -3.87. The zero-order chi connectivity index (χ0) is 15.5. The van der Waals surface area contributed by atoms with Crippen LogP contribution in [0.4, 0.5) is 4.39 Å². The topological polar surface area (TPSA) is 66.4 Å². The molecule has 0 bridgehead atoms. The number of halogens is 2. The maximum absolute atomic E-state index is 13.0. The van der Waals surface area contributed by atoms with E-state index in [1.165, 1.54) is 12.1 Å².